The minimum Gasteiger partial charge on any atom is -0.369 e. The molecule has 0 atom stereocenters. The Balaban J connectivity index is 1.44. The highest BCUT2D eigenvalue weighted by molar-refractivity contribution is 7.90. The average Bonchev–Trinajstić information content (AvgIpc) is 2.78. The van der Waals surface area contributed by atoms with Crippen LogP contribution in [0.2, 0.25) is 0 Å². The number of nitrogens with one attached hydrogen (secondary N) is 2. The van der Waals surface area contributed by atoms with Gasteiger partial charge in [0.25, 0.3) is 0 Å². The van der Waals surface area contributed by atoms with E-state index >= 15 is 4.39 Å². The first-order valence-electron chi connectivity index (χ1n) is 9.85. The lowest BCUT2D eigenvalue weighted by molar-refractivity contribution is 0.602. The van der Waals surface area contributed by atoms with E-state index in [0.29, 0.717) is 17.9 Å². The van der Waals surface area contributed by atoms with Gasteiger partial charge in [0.2, 0.25) is 0 Å². The van der Waals surface area contributed by atoms with Gasteiger partial charge in [-0.15, -0.1) is 0 Å². The third-order valence-electron chi connectivity index (χ3n) is 4.73. The third-order valence-corrected chi connectivity index (χ3v) is 5.68. The Labute approximate surface area is 184 Å². The van der Waals surface area contributed by atoms with Crippen molar-refractivity contribution in [2.45, 2.75) is 6.54 Å². The second-order valence-electron chi connectivity index (χ2n) is 7.26. The van der Waals surface area contributed by atoms with Gasteiger partial charge in [-0.1, -0.05) is 18.2 Å². The molecule has 0 aliphatic heterocycles. The summed E-state index contributed by atoms with van der Waals surface area (Å²) >= 11 is 0. The van der Waals surface area contributed by atoms with Crippen LogP contribution in [0, 0.1) is 5.82 Å². The van der Waals surface area contributed by atoms with Gasteiger partial charge in [0.1, 0.15) is 27.7 Å². The molecule has 4 rings (SSSR count). The van der Waals surface area contributed by atoms with Gasteiger partial charge in [-0.2, -0.15) is 0 Å². The largest absolute Gasteiger partial charge is 0.369 e. The number of hydrogen-bond donors (Lipinski definition) is 2. The van der Waals surface area contributed by atoms with Crippen LogP contribution in [0.15, 0.2) is 61.2 Å². The van der Waals surface area contributed by atoms with E-state index < -0.39 is 15.7 Å². The van der Waals surface area contributed by atoms with Crippen LogP contribution in [0.4, 0.5) is 16.0 Å². The first-order valence-corrected chi connectivity index (χ1v) is 11.9. The average molecular weight is 453 g/mol. The van der Waals surface area contributed by atoms with Crippen molar-refractivity contribution in [2.75, 3.05) is 29.2 Å². The van der Waals surface area contributed by atoms with Crippen LogP contribution < -0.4 is 10.6 Å². The van der Waals surface area contributed by atoms with E-state index in [4.69, 9.17) is 0 Å². The van der Waals surface area contributed by atoms with Gasteiger partial charge in [-0.3, -0.25) is 4.98 Å². The van der Waals surface area contributed by atoms with Gasteiger partial charge in [0.15, 0.2) is 11.6 Å². The summed E-state index contributed by atoms with van der Waals surface area (Å²) in [5.41, 5.74) is 2.48. The Kier molecular flexibility index (Phi) is 6.22. The number of rotatable bonds is 8. The van der Waals surface area contributed by atoms with Gasteiger partial charge < -0.3 is 10.6 Å². The van der Waals surface area contributed by atoms with Crippen molar-refractivity contribution in [1.82, 2.24) is 19.9 Å². The summed E-state index contributed by atoms with van der Waals surface area (Å²) in [6.07, 6.45) is 5.85. The highest BCUT2D eigenvalue weighted by Crippen LogP contribution is 2.26. The van der Waals surface area contributed by atoms with E-state index in [1.807, 2.05) is 30.3 Å². The molecule has 4 aromatic rings. The zero-order chi connectivity index (χ0) is 22.6. The standard InChI is InChI=1S/C22H21FN6O2S/c1-32(30,31)10-9-25-19-7-4-15(12-26-19)13-27-22-20(23)21(28-14-29-22)17-5-6-18-16(11-17)3-2-8-24-18/h2-8,11-12,14H,9-10,13H2,1H3,(H,25,26)(H,27,28,29). The van der Waals surface area contributed by atoms with Crippen LogP contribution in [0.1, 0.15) is 5.56 Å². The molecule has 0 bridgehead atoms. The number of fused-ring (bicyclic) bond motifs is 1. The number of sulfone groups is 1. The normalized spacial score (nSPS) is 11.4. The van der Waals surface area contributed by atoms with Crippen LogP contribution in [-0.4, -0.2) is 46.9 Å². The minimum atomic E-state index is -3.03. The lowest BCUT2D eigenvalue weighted by atomic mass is 10.1. The summed E-state index contributed by atoms with van der Waals surface area (Å²) in [6, 6.07) is 12.8. The maximum Gasteiger partial charge on any atom is 0.191 e. The summed E-state index contributed by atoms with van der Waals surface area (Å²) in [4.78, 5) is 16.7. The predicted molar refractivity (Wildman–Crippen MR) is 122 cm³/mol. The van der Waals surface area contributed by atoms with Crippen molar-refractivity contribution in [1.29, 1.82) is 0 Å². The third kappa shape index (κ3) is 5.33. The van der Waals surface area contributed by atoms with Crippen LogP contribution >= 0.6 is 0 Å². The molecule has 8 nitrogen and oxygen atoms in total. The lowest BCUT2D eigenvalue weighted by Gasteiger charge is -2.10. The van der Waals surface area contributed by atoms with Crippen molar-refractivity contribution >= 4 is 32.4 Å². The van der Waals surface area contributed by atoms with Gasteiger partial charge in [0.05, 0.1) is 11.3 Å². The van der Waals surface area contributed by atoms with Crippen LogP contribution in [-0.2, 0) is 16.4 Å². The van der Waals surface area contributed by atoms with Crippen LogP contribution in [0.3, 0.4) is 0 Å². The van der Waals surface area contributed by atoms with Crippen molar-refractivity contribution in [3.8, 4) is 11.3 Å². The van der Waals surface area contributed by atoms with Crippen molar-refractivity contribution < 1.29 is 12.8 Å². The molecule has 0 saturated carbocycles. The number of anilines is 2. The highest BCUT2D eigenvalue weighted by Gasteiger charge is 2.13. The summed E-state index contributed by atoms with van der Waals surface area (Å²) in [6.45, 7) is 0.592. The fraction of sp³-hybridized carbons (Fsp3) is 0.182. The van der Waals surface area contributed by atoms with Crippen LogP contribution in [0.5, 0.6) is 0 Å². The Bertz CT molecular complexity index is 1350. The molecule has 0 radical (unpaired) electrons. The zero-order valence-electron chi connectivity index (χ0n) is 17.3. The van der Waals surface area contributed by atoms with Gasteiger partial charge in [-0.25, -0.2) is 27.8 Å². The van der Waals surface area contributed by atoms with E-state index in [-0.39, 0.29) is 23.8 Å². The molecule has 0 aliphatic carbocycles. The quantitative estimate of drug-likeness (QED) is 0.419. The molecule has 1 aromatic carbocycles. The number of halogens is 1. The SMILES string of the molecule is CS(=O)(=O)CCNc1ccc(CNc2ncnc(-c3ccc4ncccc4c3)c2F)cn1. The molecule has 2 N–H and O–H groups in total. The molecule has 0 spiro atoms. The monoisotopic (exact) mass is 452 g/mol. The second kappa shape index (κ2) is 9.23. The molecule has 32 heavy (non-hydrogen) atoms. The Morgan fingerprint density at radius 2 is 1.88 bits per heavy atom. The van der Waals surface area contributed by atoms with E-state index in [9.17, 15) is 8.42 Å². The van der Waals surface area contributed by atoms with Gasteiger partial charge in [0, 0.05) is 42.7 Å². The lowest BCUT2D eigenvalue weighted by Crippen LogP contribution is -2.14. The molecule has 3 heterocycles. The van der Waals surface area contributed by atoms with E-state index in [2.05, 4.69) is 30.6 Å². The number of hydrogen-bond acceptors (Lipinski definition) is 8. The molecule has 0 amide bonds. The maximum atomic E-state index is 15.1. The van der Waals surface area contributed by atoms with Gasteiger partial charge >= 0.3 is 0 Å². The Morgan fingerprint density at radius 3 is 2.66 bits per heavy atom. The molecule has 3 aromatic heterocycles. The molecule has 0 saturated heterocycles. The molecule has 0 fully saturated rings. The highest BCUT2D eigenvalue weighted by atomic mass is 32.2. The summed E-state index contributed by atoms with van der Waals surface area (Å²) in [7, 11) is -3.03. The number of benzene rings is 1. The van der Waals surface area contributed by atoms with Crippen molar-refractivity contribution in [2.24, 2.45) is 0 Å². The van der Waals surface area contributed by atoms with E-state index in [0.717, 1.165) is 16.5 Å². The molecule has 10 heteroatoms. The van der Waals surface area contributed by atoms with Crippen LogP contribution in [0.25, 0.3) is 22.2 Å². The fourth-order valence-corrected chi connectivity index (χ4v) is 3.57. The summed E-state index contributed by atoms with van der Waals surface area (Å²) < 4.78 is 37.4. The molecule has 0 aliphatic rings. The predicted octanol–water partition coefficient (Wildman–Crippen LogP) is 3.29. The van der Waals surface area contributed by atoms with Crippen molar-refractivity contribution in [3.63, 3.8) is 0 Å². The van der Waals surface area contributed by atoms with Crippen molar-refractivity contribution in [3.05, 3.63) is 72.6 Å². The Hall–Kier alpha value is -3.66. The maximum absolute atomic E-state index is 15.1. The number of aromatic nitrogens is 4. The Morgan fingerprint density at radius 1 is 1.00 bits per heavy atom. The first-order chi connectivity index (χ1) is 15.4. The zero-order valence-corrected chi connectivity index (χ0v) is 18.1. The topological polar surface area (TPSA) is 110 Å². The molecule has 0 unspecified atom stereocenters. The summed E-state index contributed by atoms with van der Waals surface area (Å²) in [5.74, 6) is 0.152. The molecule has 164 valence electrons. The van der Waals surface area contributed by atoms with E-state index in [1.54, 1.807) is 24.5 Å². The minimum absolute atomic E-state index is 0.0288. The number of nitrogens with zero attached hydrogens (tertiary/aromatic N) is 4. The first kappa shape index (κ1) is 21.6. The molecular weight excluding hydrogens is 431 g/mol. The number of pyridine rings is 2. The molecular formula is C22H21FN6O2S. The van der Waals surface area contributed by atoms with Gasteiger partial charge in [-0.05, 0) is 29.8 Å². The summed E-state index contributed by atoms with van der Waals surface area (Å²) in [5, 5.41) is 6.83. The van der Waals surface area contributed by atoms with E-state index in [1.165, 1.54) is 12.6 Å². The fourth-order valence-electron chi connectivity index (χ4n) is 3.10. The smallest absolute Gasteiger partial charge is 0.191 e. The second-order valence-corrected chi connectivity index (χ2v) is 9.52.